The lowest BCUT2D eigenvalue weighted by Crippen LogP contribution is -2.09. The molecule has 0 fully saturated rings. The number of hydrogen-bond acceptors (Lipinski definition) is 6. The van der Waals surface area contributed by atoms with E-state index in [2.05, 4.69) is 19.9 Å². The van der Waals surface area contributed by atoms with Crippen LogP contribution >= 0.6 is 0 Å². The number of nitrogens with one attached hydrogen (secondary N) is 1. The Morgan fingerprint density at radius 1 is 1.06 bits per heavy atom. The third kappa shape index (κ3) is 4.99. The van der Waals surface area contributed by atoms with Crippen LogP contribution in [0.25, 0.3) is 22.3 Å². The molecule has 3 aromatic heterocycles. The van der Waals surface area contributed by atoms with Gasteiger partial charge >= 0.3 is 6.18 Å². The van der Waals surface area contributed by atoms with Crippen LogP contribution in [0.2, 0.25) is 0 Å². The number of ether oxygens (including phenoxy) is 1. The number of rotatable bonds is 3. The highest BCUT2D eigenvalue weighted by atomic mass is 19.4. The van der Waals surface area contributed by atoms with Gasteiger partial charge in [-0.1, -0.05) is 0 Å². The van der Waals surface area contributed by atoms with Crippen LogP contribution in [0.4, 0.5) is 13.2 Å². The molecule has 0 atom stereocenters. The second kappa shape index (κ2) is 9.58. The first-order valence-corrected chi connectivity index (χ1v) is 9.26. The van der Waals surface area contributed by atoms with Gasteiger partial charge in [-0.15, -0.1) is 0 Å². The maximum atomic E-state index is 13.2. The number of halogens is 3. The van der Waals surface area contributed by atoms with Gasteiger partial charge in [-0.2, -0.15) is 23.7 Å². The predicted molar refractivity (Wildman–Crippen MR) is 109 cm³/mol. The fourth-order valence-corrected chi connectivity index (χ4v) is 2.79. The van der Waals surface area contributed by atoms with Crippen molar-refractivity contribution in [3.63, 3.8) is 0 Å². The monoisotopic (exact) mass is 436 g/mol. The van der Waals surface area contributed by atoms with Gasteiger partial charge in [0.05, 0.1) is 41.3 Å². The zero-order chi connectivity index (χ0) is 23.1. The van der Waals surface area contributed by atoms with E-state index in [1.807, 2.05) is 12.1 Å². The highest BCUT2D eigenvalue weighted by Gasteiger charge is 2.35. The standard InChI is InChI=1S/C16H11F3N4O.C6H4N2/c1-2-24-14-4-3-9(5-10(14)16(17,18)19)11-6-12-15(22-8-21-12)13(7-20)23-11;7-5-6-1-3-8-4-2-6/h3-6,8H,2H2,1H3,(H,21,22);1-4H. The van der Waals surface area contributed by atoms with Crippen LogP contribution in [0.15, 0.2) is 55.1 Å². The lowest BCUT2D eigenvalue weighted by molar-refractivity contribution is -0.138. The number of nitrogens with zero attached hydrogens (tertiary/aromatic N) is 5. The van der Waals surface area contributed by atoms with Gasteiger partial charge < -0.3 is 9.72 Å². The minimum atomic E-state index is -4.56. The van der Waals surface area contributed by atoms with Crippen molar-refractivity contribution in [2.75, 3.05) is 6.61 Å². The molecular formula is C22H15F3N6O. The van der Waals surface area contributed by atoms with Crippen LogP contribution in [0.3, 0.4) is 0 Å². The van der Waals surface area contributed by atoms with Crippen molar-refractivity contribution >= 4 is 11.0 Å². The molecule has 4 aromatic rings. The van der Waals surface area contributed by atoms with Crippen LogP contribution in [-0.4, -0.2) is 26.5 Å². The van der Waals surface area contributed by atoms with Crippen LogP contribution < -0.4 is 4.74 Å². The molecule has 160 valence electrons. The van der Waals surface area contributed by atoms with E-state index < -0.39 is 11.7 Å². The molecule has 0 radical (unpaired) electrons. The lowest BCUT2D eigenvalue weighted by atomic mass is 10.1. The van der Waals surface area contributed by atoms with Gasteiger partial charge in [0.1, 0.15) is 17.3 Å². The fourth-order valence-electron chi connectivity index (χ4n) is 2.79. The average molecular weight is 436 g/mol. The summed E-state index contributed by atoms with van der Waals surface area (Å²) < 4.78 is 44.8. The first kappa shape index (κ1) is 22.2. The van der Waals surface area contributed by atoms with Gasteiger partial charge in [-0.25, -0.2) is 9.97 Å². The van der Waals surface area contributed by atoms with E-state index in [1.165, 1.54) is 18.5 Å². The smallest absolute Gasteiger partial charge is 0.419 e. The molecule has 3 heterocycles. The number of alkyl halides is 3. The summed E-state index contributed by atoms with van der Waals surface area (Å²) in [5, 5.41) is 17.4. The van der Waals surface area contributed by atoms with Crippen molar-refractivity contribution in [1.29, 1.82) is 10.5 Å². The van der Waals surface area contributed by atoms with E-state index in [-0.39, 0.29) is 29.3 Å². The van der Waals surface area contributed by atoms with Crippen LogP contribution in [-0.2, 0) is 6.18 Å². The van der Waals surface area contributed by atoms with Gasteiger partial charge in [-0.05, 0) is 43.3 Å². The Morgan fingerprint density at radius 2 is 1.81 bits per heavy atom. The van der Waals surface area contributed by atoms with Gasteiger partial charge in [0.15, 0.2) is 5.69 Å². The molecule has 0 bridgehead atoms. The Labute approximate surface area is 180 Å². The van der Waals surface area contributed by atoms with E-state index in [0.29, 0.717) is 16.6 Å². The minimum Gasteiger partial charge on any atom is -0.493 e. The number of aromatic amines is 1. The van der Waals surface area contributed by atoms with E-state index >= 15 is 0 Å². The largest absolute Gasteiger partial charge is 0.493 e. The molecule has 0 saturated heterocycles. The second-order valence-corrected chi connectivity index (χ2v) is 6.26. The molecule has 0 unspecified atom stereocenters. The zero-order valence-electron chi connectivity index (χ0n) is 16.7. The normalized spacial score (nSPS) is 10.6. The van der Waals surface area contributed by atoms with Gasteiger partial charge in [0, 0.05) is 18.0 Å². The van der Waals surface area contributed by atoms with E-state index in [1.54, 1.807) is 37.5 Å². The van der Waals surface area contributed by atoms with E-state index in [4.69, 9.17) is 15.3 Å². The van der Waals surface area contributed by atoms with Gasteiger partial charge in [0.2, 0.25) is 0 Å². The molecule has 1 N–H and O–H groups in total. The van der Waals surface area contributed by atoms with Crippen molar-refractivity contribution in [2.45, 2.75) is 13.1 Å². The molecule has 7 nitrogen and oxygen atoms in total. The first-order chi connectivity index (χ1) is 15.4. The van der Waals surface area contributed by atoms with Gasteiger partial charge in [0.25, 0.3) is 0 Å². The van der Waals surface area contributed by atoms with E-state index in [9.17, 15) is 13.2 Å². The number of H-pyrrole nitrogens is 1. The molecule has 0 aliphatic heterocycles. The summed E-state index contributed by atoms with van der Waals surface area (Å²) in [4.78, 5) is 14.7. The number of benzene rings is 1. The Hall–Kier alpha value is -4.44. The van der Waals surface area contributed by atoms with Crippen LogP contribution in [0.5, 0.6) is 5.75 Å². The third-order valence-corrected chi connectivity index (χ3v) is 4.20. The molecular weight excluding hydrogens is 421 g/mol. The molecule has 0 saturated carbocycles. The number of nitriles is 2. The molecule has 32 heavy (non-hydrogen) atoms. The summed E-state index contributed by atoms with van der Waals surface area (Å²) in [6, 6.07) is 12.5. The van der Waals surface area contributed by atoms with Crippen molar-refractivity contribution in [2.24, 2.45) is 0 Å². The van der Waals surface area contributed by atoms with Gasteiger partial charge in [-0.3, -0.25) is 4.98 Å². The van der Waals surface area contributed by atoms with Crippen molar-refractivity contribution in [1.82, 2.24) is 19.9 Å². The lowest BCUT2D eigenvalue weighted by Gasteiger charge is -2.14. The van der Waals surface area contributed by atoms with E-state index in [0.717, 1.165) is 6.07 Å². The zero-order valence-corrected chi connectivity index (χ0v) is 16.7. The predicted octanol–water partition coefficient (Wildman–Crippen LogP) is 4.87. The summed E-state index contributed by atoms with van der Waals surface area (Å²) in [6.45, 7) is 1.74. The van der Waals surface area contributed by atoms with Crippen molar-refractivity contribution in [3.8, 4) is 29.1 Å². The summed E-state index contributed by atoms with van der Waals surface area (Å²) in [6.07, 6.45) is 0.0318. The third-order valence-electron chi connectivity index (χ3n) is 4.20. The molecule has 4 rings (SSSR count). The SMILES string of the molecule is CCOc1ccc(-c2cc3[nH]cnc3c(C#N)n2)cc1C(F)(F)F.N#Cc1ccncc1. The molecule has 10 heteroatoms. The number of imidazole rings is 1. The Kier molecular flexibility index (Phi) is 6.66. The summed E-state index contributed by atoms with van der Waals surface area (Å²) in [5.74, 6) is -0.239. The average Bonchev–Trinajstić information content (AvgIpc) is 3.28. The summed E-state index contributed by atoms with van der Waals surface area (Å²) in [5.41, 5.74) is 1.20. The fraction of sp³-hybridized carbons (Fsp3) is 0.136. The molecule has 0 aliphatic rings. The number of fused-ring (bicyclic) bond motifs is 1. The highest BCUT2D eigenvalue weighted by molar-refractivity contribution is 5.83. The maximum absolute atomic E-state index is 13.2. The molecule has 1 aromatic carbocycles. The first-order valence-electron chi connectivity index (χ1n) is 9.26. The number of pyridine rings is 2. The Morgan fingerprint density at radius 3 is 2.41 bits per heavy atom. The van der Waals surface area contributed by atoms with Crippen LogP contribution in [0.1, 0.15) is 23.7 Å². The number of hydrogen-bond donors (Lipinski definition) is 1. The van der Waals surface area contributed by atoms with Crippen molar-refractivity contribution < 1.29 is 17.9 Å². The second-order valence-electron chi connectivity index (χ2n) is 6.26. The summed E-state index contributed by atoms with van der Waals surface area (Å²) >= 11 is 0. The maximum Gasteiger partial charge on any atom is 0.419 e. The molecule has 0 amide bonds. The Balaban J connectivity index is 0.000000305. The molecule has 0 spiro atoms. The highest BCUT2D eigenvalue weighted by Crippen LogP contribution is 2.38. The Bertz CT molecular complexity index is 1300. The van der Waals surface area contributed by atoms with Crippen molar-refractivity contribution in [3.05, 3.63) is 71.9 Å². The van der Waals surface area contributed by atoms with Crippen LogP contribution in [0, 0.1) is 22.7 Å². The minimum absolute atomic E-state index is 0.0474. The number of aromatic nitrogens is 4. The quantitative estimate of drug-likeness (QED) is 0.491. The molecule has 0 aliphatic carbocycles. The topological polar surface area (TPSA) is 111 Å². The summed E-state index contributed by atoms with van der Waals surface area (Å²) in [7, 11) is 0.